The number of para-hydroxylation sites is 1. The lowest BCUT2D eigenvalue weighted by Crippen LogP contribution is -2.00. The van der Waals surface area contributed by atoms with Gasteiger partial charge in [-0.15, -0.1) is 0 Å². The van der Waals surface area contributed by atoms with Gasteiger partial charge >= 0.3 is 0 Å². The monoisotopic (exact) mass is 469 g/mol. The van der Waals surface area contributed by atoms with Crippen LogP contribution in [0, 0.1) is 0 Å². The summed E-state index contributed by atoms with van der Waals surface area (Å²) in [4.78, 5) is 8.55. The normalized spacial score (nSPS) is 11.8. The molecule has 0 spiro atoms. The first kappa shape index (κ1) is 21.3. The van der Waals surface area contributed by atoms with Crippen molar-refractivity contribution in [3.8, 4) is 0 Å². The van der Waals surface area contributed by atoms with Crippen molar-refractivity contribution in [1.29, 1.82) is 0 Å². The zero-order valence-electron chi connectivity index (χ0n) is 16.2. The van der Waals surface area contributed by atoms with Gasteiger partial charge in [0, 0.05) is 16.5 Å². The maximum absolute atomic E-state index is 12.5. The first-order valence-electron chi connectivity index (χ1n) is 9.31. The second-order valence-electron chi connectivity index (χ2n) is 6.84. The molecule has 4 rings (SSSR count). The van der Waals surface area contributed by atoms with Gasteiger partial charge in [-0.3, -0.25) is 0 Å². The van der Waals surface area contributed by atoms with Crippen LogP contribution in [0.15, 0.2) is 78.5 Å². The Bertz CT molecular complexity index is 1370. The summed E-state index contributed by atoms with van der Waals surface area (Å²) < 4.78 is 24.9. The standard InChI is InChI=1S/C23H17Cl2N3O2S/c24-20-10-7-16(13-21(20)25)11-12-31(29,30)14-17-5-8-18(9-6-17)28-23-19-3-1-2-4-22(19)26-15-27-23/h1-13,15H,14H2,(H,26,27,28)/b12-11+. The molecule has 0 aliphatic carbocycles. The van der Waals surface area contributed by atoms with Crippen molar-refractivity contribution in [2.75, 3.05) is 5.32 Å². The van der Waals surface area contributed by atoms with Crippen molar-refractivity contribution in [1.82, 2.24) is 9.97 Å². The number of nitrogens with zero attached hydrogens (tertiary/aromatic N) is 2. The van der Waals surface area contributed by atoms with E-state index in [1.54, 1.807) is 30.3 Å². The third-order valence-corrected chi connectivity index (χ3v) is 6.56. The Balaban J connectivity index is 1.46. The number of halogens is 2. The van der Waals surface area contributed by atoms with Crippen LogP contribution in [0.1, 0.15) is 11.1 Å². The van der Waals surface area contributed by atoms with E-state index in [-0.39, 0.29) is 5.75 Å². The molecule has 0 saturated heterocycles. The molecule has 1 heterocycles. The van der Waals surface area contributed by atoms with E-state index < -0.39 is 9.84 Å². The highest BCUT2D eigenvalue weighted by Crippen LogP contribution is 2.25. The number of rotatable bonds is 6. The largest absolute Gasteiger partial charge is 0.340 e. The SMILES string of the molecule is O=S(=O)(/C=C/c1ccc(Cl)c(Cl)c1)Cc1ccc(Nc2ncnc3ccccc23)cc1. The highest BCUT2D eigenvalue weighted by atomic mass is 35.5. The minimum atomic E-state index is -3.45. The average Bonchev–Trinajstić information content (AvgIpc) is 2.76. The van der Waals surface area contributed by atoms with Crippen LogP contribution in [0.25, 0.3) is 17.0 Å². The number of hydrogen-bond acceptors (Lipinski definition) is 5. The van der Waals surface area contributed by atoms with Crippen molar-refractivity contribution >= 4 is 61.5 Å². The lowest BCUT2D eigenvalue weighted by Gasteiger charge is -2.09. The molecule has 1 aromatic heterocycles. The van der Waals surface area contributed by atoms with Crippen molar-refractivity contribution < 1.29 is 8.42 Å². The molecule has 0 bridgehead atoms. The van der Waals surface area contributed by atoms with Gasteiger partial charge in [0.05, 0.1) is 21.3 Å². The molecule has 0 amide bonds. The lowest BCUT2D eigenvalue weighted by molar-refractivity contribution is 0.604. The molecule has 0 radical (unpaired) electrons. The molecule has 0 aliphatic heterocycles. The molecule has 0 fully saturated rings. The lowest BCUT2D eigenvalue weighted by atomic mass is 10.2. The average molecular weight is 470 g/mol. The molecular weight excluding hydrogens is 453 g/mol. The summed E-state index contributed by atoms with van der Waals surface area (Å²) in [5, 5.41) is 6.15. The quantitative estimate of drug-likeness (QED) is 0.360. The minimum Gasteiger partial charge on any atom is -0.340 e. The van der Waals surface area contributed by atoms with Crippen LogP contribution in [0.4, 0.5) is 11.5 Å². The zero-order valence-corrected chi connectivity index (χ0v) is 18.5. The van der Waals surface area contributed by atoms with E-state index in [0.29, 0.717) is 27.0 Å². The van der Waals surface area contributed by atoms with E-state index in [9.17, 15) is 8.42 Å². The number of aromatic nitrogens is 2. The van der Waals surface area contributed by atoms with Crippen LogP contribution in [0.5, 0.6) is 0 Å². The molecule has 3 aromatic carbocycles. The Morgan fingerprint density at radius 1 is 0.903 bits per heavy atom. The topological polar surface area (TPSA) is 72.0 Å². The first-order chi connectivity index (χ1) is 14.9. The van der Waals surface area contributed by atoms with Crippen LogP contribution < -0.4 is 5.32 Å². The summed E-state index contributed by atoms with van der Waals surface area (Å²) in [7, 11) is -3.45. The van der Waals surface area contributed by atoms with Crippen LogP contribution in [0.2, 0.25) is 10.0 Å². The third kappa shape index (κ3) is 5.41. The van der Waals surface area contributed by atoms with Crippen molar-refractivity contribution in [3.05, 3.63) is 99.6 Å². The van der Waals surface area contributed by atoms with Crippen molar-refractivity contribution in [2.45, 2.75) is 5.75 Å². The van der Waals surface area contributed by atoms with Gasteiger partial charge in [-0.05, 0) is 53.6 Å². The molecule has 0 atom stereocenters. The van der Waals surface area contributed by atoms with Gasteiger partial charge in [0.25, 0.3) is 0 Å². The molecule has 0 aliphatic rings. The van der Waals surface area contributed by atoms with Gasteiger partial charge < -0.3 is 5.32 Å². The van der Waals surface area contributed by atoms with E-state index in [4.69, 9.17) is 23.2 Å². The predicted molar refractivity (Wildman–Crippen MR) is 127 cm³/mol. The summed E-state index contributed by atoms with van der Waals surface area (Å²) >= 11 is 11.9. The molecule has 1 N–H and O–H groups in total. The van der Waals surface area contributed by atoms with E-state index in [1.165, 1.54) is 17.8 Å². The van der Waals surface area contributed by atoms with Crippen molar-refractivity contribution in [2.24, 2.45) is 0 Å². The Morgan fingerprint density at radius 2 is 1.68 bits per heavy atom. The van der Waals surface area contributed by atoms with Gasteiger partial charge in [0.2, 0.25) is 0 Å². The number of hydrogen-bond donors (Lipinski definition) is 1. The molecular formula is C23H17Cl2N3O2S. The Hall–Kier alpha value is -2.93. The fourth-order valence-electron chi connectivity index (χ4n) is 3.00. The van der Waals surface area contributed by atoms with E-state index in [0.717, 1.165) is 16.6 Å². The second kappa shape index (κ2) is 9.06. The van der Waals surface area contributed by atoms with Crippen LogP contribution in [-0.4, -0.2) is 18.4 Å². The summed E-state index contributed by atoms with van der Waals surface area (Å²) in [6, 6.07) is 19.9. The number of anilines is 2. The summed E-state index contributed by atoms with van der Waals surface area (Å²) in [5.41, 5.74) is 2.99. The zero-order chi connectivity index (χ0) is 21.8. The van der Waals surface area contributed by atoms with Gasteiger partial charge in [-0.25, -0.2) is 18.4 Å². The van der Waals surface area contributed by atoms with Gasteiger partial charge in [-0.2, -0.15) is 0 Å². The molecule has 0 saturated carbocycles. The van der Waals surface area contributed by atoms with E-state index in [2.05, 4.69) is 15.3 Å². The van der Waals surface area contributed by atoms with E-state index in [1.807, 2.05) is 36.4 Å². The molecule has 0 unspecified atom stereocenters. The van der Waals surface area contributed by atoms with Crippen LogP contribution >= 0.6 is 23.2 Å². The number of nitrogens with one attached hydrogen (secondary N) is 1. The summed E-state index contributed by atoms with van der Waals surface area (Å²) in [6.07, 6.45) is 3.01. The number of benzene rings is 3. The Labute approximate surface area is 190 Å². The Morgan fingerprint density at radius 3 is 2.45 bits per heavy atom. The first-order valence-corrected chi connectivity index (χ1v) is 11.8. The highest BCUT2D eigenvalue weighted by Gasteiger charge is 2.09. The molecule has 5 nitrogen and oxygen atoms in total. The highest BCUT2D eigenvalue weighted by molar-refractivity contribution is 7.93. The van der Waals surface area contributed by atoms with Crippen LogP contribution in [-0.2, 0) is 15.6 Å². The molecule has 8 heteroatoms. The predicted octanol–water partition coefficient (Wildman–Crippen LogP) is 6.27. The van der Waals surface area contributed by atoms with Crippen molar-refractivity contribution in [3.63, 3.8) is 0 Å². The second-order valence-corrected chi connectivity index (χ2v) is 9.55. The summed E-state index contributed by atoms with van der Waals surface area (Å²) in [6.45, 7) is 0. The van der Waals surface area contributed by atoms with Gasteiger partial charge in [0.15, 0.2) is 9.84 Å². The maximum atomic E-state index is 12.5. The molecule has 31 heavy (non-hydrogen) atoms. The Kier molecular flexibility index (Phi) is 6.23. The third-order valence-electron chi connectivity index (χ3n) is 4.54. The van der Waals surface area contributed by atoms with Gasteiger partial charge in [0.1, 0.15) is 12.1 Å². The van der Waals surface area contributed by atoms with E-state index >= 15 is 0 Å². The number of sulfone groups is 1. The molecule has 156 valence electrons. The fourth-order valence-corrected chi connectivity index (χ4v) is 4.43. The minimum absolute atomic E-state index is 0.110. The van der Waals surface area contributed by atoms with Gasteiger partial charge in [-0.1, -0.05) is 53.5 Å². The maximum Gasteiger partial charge on any atom is 0.175 e. The smallest absolute Gasteiger partial charge is 0.175 e. The van der Waals surface area contributed by atoms with Crippen LogP contribution in [0.3, 0.4) is 0 Å². The fraction of sp³-hybridized carbons (Fsp3) is 0.0435. The molecule has 4 aromatic rings. The summed E-state index contributed by atoms with van der Waals surface area (Å²) in [5.74, 6) is 0.581. The number of fused-ring (bicyclic) bond motifs is 1.